The molecule has 0 aliphatic heterocycles. The van der Waals surface area contributed by atoms with Gasteiger partial charge in [0.15, 0.2) is 0 Å². The molecule has 0 aromatic rings. The third kappa shape index (κ3) is 26.3. The van der Waals surface area contributed by atoms with Crippen molar-refractivity contribution >= 4 is 0 Å². The van der Waals surface area contributed by atoms with Crippen LogP contribution < -0.4 is 0 Å². The van der Waals surface area contributed by atoms with Crippen LogP contribution in [-0.4, -0.2) is 0 Å². The lowest BCUT2D eigenvalue weighted by Crippen LogP contribution is -1.97. The summed E-state index contributed by atoms with van der Waals surface area (Å²) in [6.07, 6.45) is 38.1. The van der Waals surface area contributed by atoms with E-state index in [4.69, 9.17) is 0 Å². The van der Waals surface area contributed by atoms with Gasteiger partial charge in [0, 0.05) is 0 Å². The van der Waals surface area contributed by atoms with Gasteiger partial charge in [0.05, 0.1) is 0 Å². The van der Waals surface area contributed by atoms with E-state index in [-0.39, 0.29) is 0 Å². The average Bonchev–Trinajstić information content (AvgIpc) is 2.79. The van der Waals surface area contributed by atoms with Crippen molar-refractivity contribution in [1.82, 2.24) is 0 Å². The topological polar surface area (TPSA) is 0 Å². The average molecular weight is 451 g/mol. The summed E-state index contributed by atoms with van der Waals surface area (Å²) in [5.41, 5.74) is 0. The Kier molecular flexibility index (Phi) is 27.2. The molecule has 0 heterocycles. The van der Waals surface area contributed by atoms with Gasteiger partial charge < -0.3 is 0 Å². The summed E-state index contributed by atoms with van der Waals surface area (Å²) < 4.78 is 0. The molecule has 0 N–H and O–H groups in total. The molecular formula is C32H66. The molecule has 194 valence electrons. The maximum Gasteiger partial charge on any atom is -0.0443 e. The molecule has 0 rings (SSSR count). The van der Waals surface area contributed by atoms with E-state index < -0.39 is 0 Å². The zero-order valence-corrected chi connectivity index (χ0v) is 23.5. The highest BCUT2D eigenvalue weighted by atomic mass is 14.1. The Balaban J connectivity index is 3.23. The fraction of sp³-hybridized carbons (Fsp3) is 1.00. The van der Waals surface area contributed by atoms with Gasteiger partial charge in [-0.15, -0.1) is 0 Å². The van der Waals surface area contributed by atoms with E-state index in [0.29, 0.717) is 0 Å². The zero-order chi connectivity index (χ0) is 23.5. The highest BCUT2D eigenvalue weighted by Gasteiger charge is 2.05. The van der Waals surface area contributed by atoms with Crippen molar-refractivity contribution in [2.45, 2.75) is 195 Å². The van der Waals surface area contributed by atoms with Crippen molar-refractivity contribution in [3.63, 3.8) is 0 Å². The molecular weight excluding hydrogens is 384 g/mol. The molecule has 0 heteroatoms. The molecule has 0 aliphatic rings. The second-order valence-corrected chi connectivity index (χ2v) is 11.4. The van der Waals surface area contributed by atoms with Crippen molar-refractivity contribution < 1.29 is 0 Å². The minimum absolute atomic E-state index is 0.961. The first-order valence-electron chi connectivity index (χ1n) is 15.7. The molecule has 0 spiro atoms. The lowest BCUT2D eigenvalue weighted by molar-refractivity contribution is 0.407. The lowest BCUT2D eigenvalue weighted by atomic mass is 9.93. The smallest absolute Gasteiger partial charge is 0.0443 e. The Morgan fingerprint density at radius 2 is 0.469 bits per heavy atom. The van der Waals surface area contributed by atoms with Crippen LogP contribution in [0.1, 0.15) is 195 Å². The first-order chi connectivity index (χ1) is 15.7. The van der Waals surface area contributed by atoms with E-state index in [0.717, 1.165) is 11.8 Å². The van der Waals surface area contributed by atoms with Gasteiger partial charge in [-0.2, -0.15) is 0 Å². The second kappa shape index (κ2) is 27.2. The van der Waals surface area contributed by atoms with Crippen molar-refractivity contribution in [3.8, 4) is 0 Å². The molecule has 0 saturated heterocycles. The molecule has 2 atom stereocenters. The largest absolute Gasteiger partial charge is 0.0654 e. The molecule has 0 nitrogen and oxygen atoms in total. The number of rotatable bonds is 27. The molecule has 0 saturated carbocycles. The van der Waals surface area contributed by atoms with E-state index in [2.05, 4.69) is 27.7 Å². The zero-order valence-electron chi connectivity index (χ0n) is 23.5. The normalized spacial score (nSPS) is 13.5. The molecule has 0 fully saturated rings. The van der Waals surface area contributed by atoms with Crippen LogP contribution in [0.5, 0.6) is 0 Å². The fourth-order valence-electron chi connectivity index (χ4n) is 5.23. The Labute approximate surface area is 206 Å². The van der Waals surface area contributed by atoms with Gasteiger partial charge in [-0.3, -0.25) is 0 Å². The standard InChI is InChI=1S/C32H66/c1-5-7-9-11-12-13-14-15-16-17-18-19-21-24-28-32(4)30-26-22-25-29-31(3)27-23-20-10-8-6-2/h31-32H,5-30H2,1-4H3. The van der Waals surface area contributed by atoms with Crippen molar-refractivity contribution in [2.24, 2.45) is 11.8 Å². The summed E-state index contributed by atoms with van der Waals surface area (Å²) in [5.74, 6) is 1.92. The van der Waals surface area contributed by atoms with Crippen LogP contribution in [0.3, 0.4) is 0 Å². The number of hydrogen-bond acceptors (Lipinski definition) is 0. The Morgan fingerprint density at radius 1 is 0.281 bits per heavy atom. The minimum atomic E-state index is 0.961. The predicted octanol–water partition coefficient (Wildman–Crippen LogP) is 12.4. The molecule has 0 amide bonds. The fourth-order valence-corrected chi connectivity index (χ4v) is 5.23. The highest BCUT2D eigenvalue weighted by Crippen LogP contribution is 2.21. The Bertz CT molecular complexity index is 320. The van der Waals surface area contributed by atoms with Crippen LogP contribution in [0, 0.1) is 11.8 Å². The van der Waals surface area contributed by atoms with Crippen molar-refractivity contribution in [1.29, 1.82) is 0 Å². The quantitative estimate of drug-likeness (QED) is 0.109. The molecule has 32 heavy (non-hydrogen) atoms. The van der Waals surface area contributed by atoms with E-state index in [1.807, 2.05) is 0 Å². The van der Waals surface area contributed by atoms with Crippen LogP contribution >= 0.6 is 0 Å². The number of hydrogen-bond donors (Lipinski definition) is 0. The first-order valence-corrected chi connectivity index (χ1v) is 15.7. The molecule has 0 bridgehead atoms. The van der Waals surface area contributed by atoms with Gasteiger partial charge in [-0.1, -0.05) is 195 Å². The van der Waals surface area contributed by atoms with E-state index in [1.54, 1.807) is 0 Å². The Morgan fingerprint density at radius 3 is 0.719 bits per heavy atom. The summed E-state index contributed by atoms with van der Waals surface area (Å²) in [7, 11) is 0. The first kappa shape index (κ1) is 32.0. The van der Waals surface area contributed by atoms with Crippen LogP contribution in [0.2, 0.25) is 0 Å². The number of unbranched alkanes of at least 4 members (excludes halogenated alkanes) is 19. The van der Waals surface area contributed by atoms with Gasteiger partial charge >= 0.3 is 0 Å². The van der Waals surface area contributed by atoms with Crippen LogP contribution in [0.25, 0.3) is 0 Å². The van der Waals surface area contributed by atoms with Gasteiger partial charge in [-0.25, -0.2) is 0 Å². The minimum Gasteiger partial charge on any atom is -0.0654 e. The summed E-state index contributed by atoms with van der Waals surface area (Å²) in [4.78, 5) is 0. The van der Waals surface area contributed by atoms with E-state index in [9.17, 15) is 0 Å². The van der Waals surface area contributed by atoms with Crippen molar-refractivity contribution in [2.75, 3.05) is 0 Å². The molecule has 0 aromatic carbocycles. The van der Waals surface area contributed by atoms with Crippen LogP contribution in [0.15, 0.2) is 0 Å². The van der Waals surface area contributed by atoms with Crippen LogP contribution in [-0.2, 0) is 0 Å². The Hall–Kier alpha value is 0. The lowest BCUT2D eigenvalue weighted by Gasteiger charge is -2.13. The summed E-state index contributed by atoms with van der Waals surface area (Å²) in [6.45, 7) is 9.60. The second-order valence-electron chi connectivity index (χ2n) is 11.4. The molecule has 2 unspecified atom stereocenters. The molecule has 0 radical (unpaired) electrons. The third-order valence-electron chi connectivity index (χ3n) is 7.74. The third-order valence-corrected chi connectivity index (χ3v) is 7.74. The van der Waals surface area contributed by atoms with E-state index in [1.165, 1.54) is 167 Å². The van der Waals surface area contributed by atoms with Gasteiger partial charge in [0.25, 0.3) is 0 Å². The maximum atomic E-state index is 2.50. The summed E-state index contributed by atoms with van der Waals surface area (Å²) >= 11 is 0. The van der Waals surface area contributed by atoms with E-state index >= 15 is 0 Å². The highest BCUT2D eigenvalue weighted by molar-refractivity contribution is 4.58. The molecule has 0 aromatic heterocycles. The monoisotopic (exact) mass is 451 g/mol. The maximum absolute atomic E-state index is 2.50. The summed E-state index contributed by atoms with van der Waals surface area (Å²) in [6, 6.07) is 0. The van der Waals surface area contributed by atoms with Crippen LogP contribution in [0.4, 0.5) is 0 Å². The van der Waals surface area contributed by atoms with Crippen molar-refractivity contribution in [3.05, 3.63) is 0 Å². The summed E-state index contributed by atoms with van der Waals surface area (Å²) in [5, 5.41) is 0. The SMILES string of the molecule is CCCCCCCCCCCCCCCCC(C)CCCCCC(C)CCCCCCC. The van der Waals surface area contributed by atoms with Gasteiger partial charge in [0.2, 0.25) is 0 Å². The molecule has 0 aliphatic carbocycles. The van der Waals surface area contributed by atoms with Gasteiger partial charge in [-0.05, 0) is 11.8 Å². The van der Waals surface area contributed by atoms with Gasteiger partial charge in [0.1, 0.15) is 0 Å². The predicted molar refractivity (Wildman–Crippen MR) is 150 cm³/mol.